The Labute approximate surface area is 127 Å². The van der Waals surface area contributed by atoms with Crippen molar-refractivity contribution >= 4 is 5.91 Å². The number of ether oxygens (including phenoxy) is 2. The fraction of sp³-hybridized carbons (Fsp3) is 0.562. The van der Waals surface area contributed by atoms with Crippen LogP contribution in [0.15, 0.2) is 18.2 Å². The van der Waals surface area contributed by atoms with Gasteiger partial charge in [-0.2, -0.15) is 0 Å². The van der Waals surface area contributed by atoms with Gasteiger partial charge in [0.2, 0.25) is 5.91 Å². The molecule has 0 atom stereocenters. The van der Waals surface area contributed by atoms with Crippen LogP contribution in [0.2, 0.25) is 0 Å². The molecule has 0 saturated carbocycles. The van der Waals surface area contributed by atoms with Crippen molar-refractivity contribution < 1.29 is 14.3 Å². The van der Waals surface area contributed by atoms with Gasteiger partial charge >= 0.3 is 0 Å². The van der Waals surface area contributed by atoms with Crippen molar-refractivity contribution in [2.24, 2.45) is 0 Å². The van der Waals surface area contributed by atoms with Crippen LogP contribution in [0.25, 0.3) is 0 Å². The van der Waals surface area contributed by atoms with E-state index in [2.05, 4.69) is 17.6 Å². The lowest BCUT2D eigenvalue weighted by molar-refractivity contribution is -0.122. The molecule has 0 radical (unpaired) electrons. The van der Waals surface area contributed by atoms with E-state index < -0.39 is 0 Å². The number of rotatable bonds is 9. The monoisotopic (exact) mass is 294 g/mol. The highest BCUT2D eigenvalue weighted by Gasteiger charge is 2.08. The van der Waals surface area contributed by atoms with Crippen LogP contribution in [0.4, 0.5) is 0 Å². The van der Waals surface area contributed by atoms with Crippen LogP contribution in [0.1, 0.15) is 32.8 Å². The third-order valence-corrected chi connectivity index (χ3v) is 2.88. The summed E-state index contributed by atoms with van der Waals surface area (Å²) in [5, 5.41) is 6.11. The Hall–Kier alpha value is -1.75. The molecule has 0 heterocycles. The van der Waals surface area contributed by atoms with E-state index >= 15 is 0 Å². The molecule has 0 saturated heterocycles. The Morgan fingerprint density at radius 2 is 2.10 bits per heavy atom. The fourth-order valence-corrected chi connectivity index (χ4v) is 1.85. The minimum atomic E-state index is 0.00105. The summed E-state index contributed by atoms with van der Waals surface area (Å²) in [6.07, 6.45) is 0.343. The average Bonchev–Trinajstić information content (AvgIpc) is 2.45. The quantitative estimate of drug-likeness (QED) is 0.732. The van der Waals surface area contributed by atoms with Gasteiger partial charge in [-0.25, -0.2) is 0 Å². The van der Waals surface area contributed by atoms with Gasteiger partial charge in [0.15, 0.2) is 0 Å². The molecule has 2 N–H and O–H groups in total. The molecule has 0 bridgehead atoms. The zero-order valence-electron chi connectivity index (χ0n) is 13.4. The second kappa shape index (κ2) is 9.23. The number of methoxy groups -OCH3 is 1. The predicted molar refractivity (Wildman–Crippen MR) is 83.8 cm³/mol. The SMILES string of the molecule is CCNCc1ccc(OC)cc1OCCC(=O)NC(C)C. The van der Waals surface area contributed by atoms with Crippen LogP contribution in [-0.4, -0.2) is 32.2 Å². The van der Waals surface area contributed by atoms with Crippen LogP contribution >= 0.6 is 0 Å². The van der Waals surface area contributed by atoms with Gasteiger partial charge in [0, 0.05) is 24.2 Å². The lowest BCUT2D eigenvalue weighted by Gasteiger charge is -2.14. The molecule has 1 aromatic carbocycles. The molecule has 0 aliphatic carbocycles. The molecule has 1 amide bonds. The first-order valence-corrected chi connectivity index (χ1v) is 7.36. The summed E-state index contributed by atoms with van der Waals surface area (Å²) in [6, 6.07) is 5.89. The van der Waals surface area contributed by atoms with E-state index in [0.29, 0.717) is 13.0 Å². The smallest absolute Gasteiger partial charge is 0.223 e. The molecule has 0 aliphatic heterocycles. The van der Waals surface area contributed by atoms with E-state index in [1.54, 1.807) is 7.11 Å². The minimum absolute atomic E-state index is 0.00105. The van der Waals surface area contributed by atoms with E-state index in [9.17, 15) is 4.79 Å². The van der Waals surface area contributed by atoms with Gasteiger partial charge < -0.3 is 20.1 Å². The van der Waals surface area contributed by atoms with Crippen molar-refractivity contribution in [1.82, 2.24) is 10.6 Å². The predicted octanol–water partition coefficient (Wildman–Crippen LogP) is 2.10. The number of benzene rings is 1. The Bertz CT molecular complexity index is 447. The van der Waals surface area contributed by atoms with Crippen molar-refractivity contribution in [2.75, 3.05) is 20.3 Å². The van der Waals surface area contributed by atoms with Gasteiger partial charge in [-0.05, 0) is 26.5 Å². The van der Waals surface area contributed by atoms with E-state index in [0.717, 1.165) is 30.2 Å². The first-order valence-electron chi connectivity index (χ1n) is 7.36. The van der Waals surface area contributed by atoms with E-state index in [1.165, 1.54) is 0 Å². The topological polar surface area (TPSA) is 59.6 Å². The van der Waals surface area contributed by atoms with Gasteiger partial charge in [-0.15, -0.1) is 0 Å². The van der Waals surface area contributed by atoms with Gasteiger partial charge in [-0.3, -0.25) is 4.79 Å². The van der Waals surface area contributed by atoms with Gasteiger partial charge in [-0.1, -0.05) is 13.0 Å². The Morgan fingerprint density at radius 1 is 1.33 bits per heavy atom. The Morgan fingerprint density at radius 3 is 2.71 bits per heavy atom. The average molecular weight is 294 g/mol. The summed E-state index contributed by atoms with van der Waals surface area (Å²) in [5.74, 6) is 1.51. The molecule has 0 spiro atoms. The zero-order valence-corrected chi connectivity index (χ0v) is 13.4. The highest BCUT2D eigenvalue weighted by atomic mass is 16.5. The Balaban J connectivity index is 2.60. The summed E-state index contributed by atoms with van der Waals surface area (Å²) in [5.41, 5.74) is 1.06. The molecule has 0 aliphatic rings. The maximum absolute atomic E-state index is 11.6. The number of carbonyl (C=O) groups excluding carboxylic acids is 1. The molecule has 5 nitrogen and oxygen atoms in total. The largest absolute Gasteiger partial charge is 0.497 e. The first kappa shape index (κ1) is 17.3. The normalized spacial score (nSPS) is 10.5. The Kier molecular flexibility index (Phi) is 7.61. The molecular weight excluding hydrogens is 268 g/mol. The highest BCUT2D eigenvalue weighted by molar-refractivity contribution is 5.76. The summed E-state index contributed by atoms with van der Waals surface area (Å²) < 4.78 is 11.0. The molecule has 0 fully saturated rings. The van der Waals surface area contributed by atoms with E-state index in [-0.39, 0.29) is 11.9 Å². The summed E-state index contributed by atoms with van der Waals surface area (Å²) in [6.45, 7) is 7.91. The van der Waals surface area contributed by atoms with Crippen molar-refractivity contribution in [3.05, 3.63) is 23.8 Å². The molecule has 21 heavy (non-hydrogen) atoms. The number of carbonyl (C=O) groups is 1. The van der Waals surface area contributed by atoms with E-state index in [1.807, 2.05) is 32.0 Å². The highest BCUT2D eigenvalue weighted by Crippen LogP contribution is 2.25. The number of hydrogen-bond acceptors (Lipinski definition) is 4. The van der Waals surface area contributed by atoms with Crippen molar-refractivity contribution in [3.63, 3.8) is 0 Å². The number of amides is 1. The molecule has 0 aromatic heterocycles. The van der Waals surface area contributed by atoms with Crippen molar-refractivity contribution in [2.45, 2.75) is 39.8 Å². The van der Waals surface area contributed by atoms with Crippen LogP contribution in [0, 0.1) is 0 Å². The van der Waals surface area contributed by atoms with E-state index in [4.69, 9.17) is 9.47 Å². The molecule has 118 valence electrons. The third kappa shape index (κ3) is 6.49. The van der Waals surface area contributed by atoms with Crippen LogP contribution in [0.5, 0.6) is 11.5 Å². The van der Waals surface area contributed by atoms with Gasteiger partial charge in [0.25, 0.3) is 0 Å². The number of nitrogens with one attached hydrogen (secondary N) is 2. The summed E-state index contributed by atoms with van der Waals surface area (Å²) in [7, 11) is 1.62. The summed E-state index contributed by atoms with van der Waals surface area (Å²) in [4.78, 5) is 11.6. The van der Waals surface area contributed by atoms with Crippen molar-refractivity contribution in [1.29, 1.82) is 0 Å². The molecule has 0 unspecified atom stereocenters. The molecule has 1 aromatic rings. The molecular formula is C16H26N2O3. The van der Waals surface area contributed by atoms with Crippen LogP contribution in [0.3, 0.4) is 0 Å². The second-order valence-corrected chi connectivity index (χ2v) is 5.07. The lowest BCUT2D eigenvalue weighted by atomic mass is 10.2. The maximum atomic E-state index is 11.6. The van der Waals surface area contributed by atoms with Crippen molar-refractivity contribution in [3.8, 4) is 11.5 Å². The third-order valence-electron chi connectivity index (χ3n) is 2.88. The maximum Gasteiger partial charge on any atom is 0.223 e. The molecule has 1 rings (SSSR count). The second-order valence-electron chi connectivity index (χ2n) is 5.07. The van der Waals surface area contributed by atoms with Crippen LogP contribution < -0.4 is 20.1 Å². The summed E-state index contributed by atoms with van der Waals surface area (Å²) >= 11 is 0. The number of hydrogen-bond donors (Lipinski definition) is 2. The standard InChI is InChI=1S/C16H26N2O3/c1-5-17-11-13-6-7-14(20-4)10-15(13)21-9-8-16(19)18-12(2)3/h6-7,10,12,17H,5,8-9,11H2,1-4H3,(H,18,19). The minimum Gasteiger partial charge on any atom is -0.497 e. The van der Waals surface area contributed by atoms with Gasteiger partial charge in [0.05, 0.1) is 20.1 Å². The zero-order chi connectivity index (χ0) is 15.7. The fourth-order valence-electron chi connectivity index (χ4n) is 1.85. The molecule has 5 heteroatoms. The first-order chi connectivity index (χ1) is 10.1. The van der Waals surface area contributed by atoms with Crippen LogP contribution in [-0.2, 0) is 11.3 Å². The lowest BCUT2D eigenvalue weighted by Crippen LogP contribution is -2.31. The van der Waals surface area contributed by atoms with Gasteiger partial charge in [0.1, 0.15) is 11.5 Å².